The summed E-state index contributed by atoms with van der Waals surface area (Å²) in [6.07, 6.45) is 0. The molecule has 0 saturated heterocycles. The molecular weight excluding hydrogens is 354 g/mol. The first-order valence-corrected chi connectivity index (χ1v) is 9.48. The Morgan fingerprint density at radius 3 is 2.57 bits per heavy atom. The van der Waals surface area contributed by atoms with E-state index >= 15 is 0 Å². The molecule has 1 atom stereocenters. The van der Waals surface area contributed by atoms with Crippen molar-refractivity contribution in [3.63, 3.8) is 0 Å². The molecule has 0 saturated carbocycles. The van der Waals surface area contributed by atoms with Crippen LogP contribution < -0.4 is 10.1 Å². The molecule has 2 heterocycles. The molecule has 6 heteroatoms. The summed E-state index contributed by atoms with van der Waals surface area (Å²) in [6.45, 7) is 6.58. The van der Waals surface area contributed by atoms with Gasteiger partial charge < -0.3 is 14.8 Å². The molecule has 1 aromatic heterocycles. The Labute approximate surface area is 163 Å². The first-order chi connectivity index (χ1) is 13.6. The number of imidazole rings is 1. The van der Waals surface area contributed by atoms with Gasteiger partial charge in [-0.1, -0.05) is 24.3 Å². The van der Waals surface area contributed by atoms with Crippen LogP contribution in [-0.2, 0) is 9.53 Å². The van der Waals surface area contributed by atoms with Crippen LogP contribution in [0.1, 0.15) is 32.4 Å². The number of ether oxygens (including phenoxy) is 2. The van der Waals surface area contributed by atoms with Gasteiger partial charge in [-0.3, -0.25) is 4.57 Å². The molecular formula is C22H23N3O3. The number of allylic oxidation sites excluding steroid dienone is 1. The van der Waals surface area contributed by atoms with E-state index in [9.17, 15) is 4.79 Å². The van der Waals surface area contributed by atoms with Crippen molar-refractivity contribution in [2.75, 3.05) is 18.5 Å². The topological polar surface area (TPSA) is 65.4 Å². The number of nitrogens with zero attached hydrogens (tertiary/aromatic N) is 2. The lowest BCUT2D eigenvalue weighted by atomic mass is 9.95. The van der Waals surface area contributed by atoms with Crippen LogP contribution in [0, 0.1) is 0 Å². The van der Waals surface area contributed by atoms with Gasteiger partial charge in [0.2, 0.25) is 5.95 Å². The monoisotopic (exact) mass is 377 g/mol. The lowest BCUT2D eigenvalue weighted by Crippen LogP contribution is -2.29. The van der Waals surface area contributed by atoms with Gasteiger partial charge in [0.25, 0.3) is 0 Å². The van der Waals surface area contributed by atoms with Crippen molar-refractivity contribution in [2.45, 2.75) is 26.8 Å². The van der Waals surface area contributed by atoms with Crippen LogP contribution in [0.2, 0.25) is 0 Å². The predicted octanol–water partition coefficient (Wildman–Crippen LogP) is 4.29. The highest BCUT2D eigenvalue weighted by Crippen LogP contribution is 2.39. The molecule has 0 radical (unpaired) electrons. The van der Waals surface area contributed by atoms with Gasteiger partial charge in [-0.05, 0) is 50.6 Å². The number of hydrogen-bond donors (Lipinski definition) is 1. The summed E-state index contributed by atoms with van der Waals surface area (Å²) in [5.41, 5.74) is 4.13. The average molecular weight is 377 g/mol. The molecule has 0 fully saturated rings. The number of aromatic nitrogens is 2. The SMILES string of the molecule is CCOC(=O)C1=C(C)Nc2nc3ccccc3n2[C@@H]1c1ccc(OCC)cc1. The van der Waals surface area contributed by atoms with E-state index in [1.165, 1.54) is 0 Å². The van der Waals surface area contributed by atoms with Crippen molar-refractivity contribution in [2.24, 2.45) is 0 Å². The van der Waals surface area contributed by atoms with Crippen molar-refractivity contribution in [3.05, 3.63) is 65.4 Å². The Morgan fingerprint density at radius 2 is 1.86 bits per heavy atom. The third-order valence-corrected chi connectivity index (χ3v) is 4.83. The maximum Gasteiger partial charge on any atom is 0.338 e. The van der Waals surface area contributed by atoms with Crippen molar-refractivity contribution in [1.29, 1.82) is 0 Å². The van der Waals surface area contributed by atoms with Gasteiger partial charge in [0.1, 0.15) is 5.75 Å². The van der Waals surface area contributed by atoms with E-state index in [1.54, 1.807) is 0 Å². The fraction of sp³-hybridized carbons (Fsp3) is 0.273. The summed E-state index contributed by atoms with van der Waals surface area (Å²) < 4.78 is 13.0. The maximum absolute atomic E-state index is 12.9. The summed E-state index contributed by atoms with van der Waals surface area (Å²) in [7, 11) is 0. The predicted molar refractivity (Wildman–Crippen MR) is 108 cm³/mol. The van der Waals surface area contributed by atoms with Gasteiger partial charge in [0.05, 0.1) is 35.9 Å². The van der Waals surface area contributed by atoms with Crippen LogP contribution in [0.5, 0.6) is 5.75 Å². The van der Waals surface area contributed by atoms with E-state index < -0.39 is 0 Å². The molecule has 0 spiro atoms. The number of carbonyl (C=O) groups excluding carboxylic acids is 1. The number of fused-ring (bicyclic) bond motifs is 3. The Bertz CT molecular complexity index is 1050. The Hall–Kier alpha value is -3.28. The molecule has 1 N–H and O–H groups in total. The first kappa shape index (κ1) is 18.1. The molecule has 2 aromatic carbocycles. The minimum Gasteiger partial charge on any atom is -0.494 e. The number of carbonyl (C=O) groups is 1. The first-order valence-electron chi connectivity index (χ1n) is 9.48. The van der Waals surface area contributed by atoms with Gasteiger partial charge in [-0.2, -0.15) is 0 Å². The van der Waals surface area contributed by atoms with E-state index in [0.29, 0.717) is 24.7 Å². The lowest BCUT2D eigenvalue weighted by molar-refractivity contribution is -0.139. The number of nitrogens with one attached hydrogen (secondary N) is 1. The van der Waals surface area contributed by atoms with Crippen molar-refractivity contribution < 1.29 is 14.3 Å². The molecule has 0 bridgehead atoms. The molecule has 6 nitrogen and oxygen atoms in total. The summed E-state index contributed by atoms with van der Waals surface area (Å²) in [5, 5.41) is 3.28. The quantitative estimate of drug-likeness (QED) is 0.672. The molecule has 1 aliphatic rings. The smallest absolute Gasteiger partial charge is 0.338 e. The van der Waals surface area contributed by atoms with Crippen LogP contribution in [0.4, 0.5) is 5.95 Å². The van der Waals surface area contributed by atoms with Gasteiger partial charge in [0, 0.05) is 5.70 Å². The normalized spacial score (nSPS) is 15.9. The number of benzene rings is 2. The summed E-state index contributed by atoms with van der Waals surface area (Å²) in [6, 6.07) is 15.4. The molecule has 4 rings (SSSR count). The molecule has 28 heavy (non-hydrogen) atoms. The van der Waals surface area contributed by atoms with E-state index in [2.05, 4.69) is 9.88 Å². The van der Waals surface area contributed by atoms with Crippen LogP contribution >= 0.6 is 0 Å². The minimum atomic E-state index is -0.335. The van der Waals surface area contributed by atoms with Crippen LogP contribution in [0.25, 0.3) is 11.0 Å². The average Bonchev–Trinajstić information content (AvgIpc) is 3.06. The highest BCUT2D eigenvalue weighted by Gasteiger charge is 2.34. The fourth-order valence-corrected chi connectivity index (χ4v) is 3.67. The van der Waals surface area contributed by atoms with Crippen molar-refractivity contribution >= 4 is 23.0 Å². The van der Waals surface area contributed by atoms with E-state index in [1.807, 2.05) is 69.3 Å². The second kappa shape index (κ2) is 7.38. The van der Waals surface area contributed by atoms with E-state index in [0.717, 1.165) is 28.0 Å². The second-order valence-corrected chi connectivity index (χ2v) is 6.58. The highest BCUT2D eigenvalue weighted by molar-refractivity contribution is 5.94. The van der Waals surface area contributed by atoms with Crippen molar-refractivity contribution in [3.8, 4) is 5.75 Å². The Kier molecular flexibility index (Phi) is 4.77. The third-order valence-electron chi connectivity index (χ3n) is 4.83. The lowest BCUT2D eigenvalue weighted by Gasteiger charge is -2.30. The Balaban J connectivity index is 1.90. The fourth-order valence-electron chi connectivity index (χ4n) is 3.67. The number of hydrogen-bond acceptors (Lipinski definition) is 5. The summed E-state index contributed by atoms with van der Waals surface area (Å²) in [5.74, 6) is 1.19. The molecule has 0 aliphatic carbocycles. The summed E-state index contributed by atoms with van der Waals surface area (Å²) >= 11 is 0. The van der Waals surface area contributed by atoms with E-state index in [-0.39, 0.29) is 12.0 Å². The standard InChI is InChI=1S/C22H23N3O3/c1-4-27-16-12-10-15(11-13-16)20-19(21(26)28-5-2)14(3)23-22-24-17-8-6-7-9-18(17)25(20)22/h6-13,20H,4-5H2,1-3H3,(H,23,24)/t20-/m1/s1. The van der Waals surface area contributed by atoms with Gasteiger partial charge in [-0.25, -0.2) is 9.78 Å². The van der Waals surface area contributed by atoms with Crippen LogP contribution in [0.15, 0.2) is 59.8 Å². The number of para-hydroxylation sites is 2. The van der Waals surface area contributed by atoms with Gasteiger partial charge >= 0.3 is 5.97 Å². The van der Waals surface area contributed by atoms with Gasteiger partial charge in [-0.15, -0.1) is 0 Å². The molecule has 0 unspecified atom stereocenters. The minimum absolute atomic E-state index is 0.323. The largest absolute Gasteiger partial charge is 0.494 e. The third kappa shape index (κ3) is 3.01. The number of rotatable bonds is 5. The second-order valence-electron chi connectivity index (χ2n) is 6.58. The van der Waals surface area contributed by atoms with Crippen molar-refractivity contribution in [1.82, 2.24) is 9.55 Å². The molecule has 1 aliphatic heterocycles. The van der Waals surface area contributed by atoms with Crippen LogP contribution in [-0.4, -0.2) is 28.7 Å². The number of esters is 1. The Morgan fingerprint density at radius 1 is 1.11 bits per heavy atom. The molecule has 144 valence electrons. The van der Waals surface area contributed by atoms with Gasteiger partial charge in [0.15, 0.2) is 0 Å². The zero-order valence-electron chi connectivity index (χ0n) is 16.2. The molecule has 0 amide bonds. The number of anilines is 1. The van der Waals surface area contributed by atoms with Crippen LogP contribution in [0.3, 0.4) is 0 Å². The molecule has 3 aromatic rings. The zero-order valence-corrected chi connectivity index (χ0v) is 16.2. The zero-order chi connectivity index (χ0) is 19.7. The van der Waals surface area contributed by atoms with E-state index in [4.69, 9.17) is 14.5 Å². The maximum atomic E-state index is 12.9. The highest BCUT2D eigenvalue weighted by atomic mass is 16.5. The summed E-state index contributed by atoms with van der Waals surface area (Å²) in [4.78, 5) is 17.6.